The average molecular weight is 688 g/mol. The van der Waals surface area contributed by atoms with Crippen molar-refractivity contribution in [2.75, 3.05) is 4.90 Å². The van der Waals surface area contributed by atoms with Crippen molar-refractivity contribution in [3.8, 4) is 11.1 Å². The van der Waals surface area contributed by atoms with Crippen molar-refractivity contribution >= 4 is 39.0 Å². The fourth-order valence-electron chi connectivity index (χ4n) is 8.61. The highest BCUT2D eigenvalue weighted by atomic mass is 16.3. The Labute approximate surface area is 313 Å². The molecule has 9 rings (SSSR count). The molecule has 1 aromatic heterocycles. The summed E-state index contributed by atoms with van der Waals surface area (Å²) in [7, 11) is 0. The molecule has 0 saturated heterocycles. The maximum atomic E-state index is 7.08. The Morgan fingerprint density at radius 2 is 0.981 bits per heavy atom. The maximum Gasteiger partial charge on any atom is 0.145 e. The van der Waals surface area contributed by atoms with Crippen LogP contribution in [0.25, 0.3) is 33.1 Å². The zero-order valence-corrected chi connectivity index (χ0v) is 31.4. The number of fused-ring (bicyclic) bond motifs is 7. The van der Waals surface area contributed by atoms with E-state index in [1.807, 2.05) is 0 Å². The number of hydrogen-bond donors (Lipinski definition) is 0. The van der Waals surface area contributed by atoms with E-state index in [0.29, 0.717) is 0 Å². The Morgan fingerprint density at radius 3 is 1.53 bits per heavy atom. The lowest BCUT2D eigenvalue weighted by molar-refractivity contribution is 0.590. The van der Waals surface area contributed by atoms with E-state index in [-0.39, 0.29) is 10.8 Å². The molecular weight excluding hydrogens is 643 g/mol. The average Bonchev–Trinajstić information content (AvgIpc) is 3.70. The molecule has 8 aromatic rings. The van der Waals surface area contributed by atoms with Crippen LogP contribution in [0.5, 0.6) is 0 Å². The van der Waals surface area contributed by atoms with Crippen molar-refractivity contribution in [2.24, 2.45) is 0 Å². The van der Waals surface area contributed by atoms with Gasteiger partial charge >= 0.3 is 0 Å². The molecule has 0 bridgehead atoms. The van der Waals surface area contributed by atoms with E-state index >= 15 is 0 Å². The molecule has 2 heteroatoms. The van der Waals surface area contributed by atoms with Gasteiger partial charge in [0.15, 0.2) is 0 Å². The van der Waals surface area contributed by atoms with Gasteiger partial charge in [0.2, 0.25) is 0 Å². The minimum atomic E-state index is -0.575. The summed E-state index contributed by atoms with van der Waals surface area (Å²) >= 11 is 0. The summed E-state index contributed by atoms with van der Waals surface area (Å²) in [5, 5.41) is 2.23. The highest BCUT2D eigenvalue weighted by Gasteiger charge is 2.48. The summed E-state index contributed by atoms with van der Waals surface area (Å²) in [6, 6.07) is 60.3. The van der Waals surface area contributed by atoms with E-state index in [9.17, 15) is 0 Å². The highest BCUT2D eigenvalue weighted by Crippen LogP contribution is 2.60. The zero-order chi connectivity index (χ0) is 36.5. The Hall–Kier alpha value is -5.86. The monoisotopic (exact) mass is 687 g/mol. The third-order valence-electron chi connectivity index (χ3n) is 11.3. The molecule has 0 radical (unpaired) electrons. The van der Waals surface area contributed by atoms with Crippen LogP contribution in [0.2, 0.25) is 0 Å². The first-order chi connectivity index (χ1) is 25.6. The van der Waals surface area contributed by atoms with Crippen LogP contribution in [0, 0.1) is 0 Å². The van der Waals surface area contributed by atoms with Crippen LogP contribution in [0.4, 0.5) is 17.1 Å². The van der Waals surface area contributed by atoms with Crippen molar-refractivity contribution < 1.29 is 4.42 Å². The predicted molar refractivity (Wildman–Crippen MR) is 223 cm³/mol. The van der Waals surface area contributed by atoms with Crippen molar-refractivity contribution in [3.05, 3.63) is 197 Å². The maximum absolute atomic E-state index is 7.08. The van der Waals surface area contributed by atoms with Gasteiger partial charge in [0, 0.05) is 22.3 Å². The lowest BCUT2D eigenvalue weighted by Gasteiger charge is -2.35. The summed E-state index contributed by atoms with van der Waals surface area (Å²) < 4.78 is 7.08. The summed E-state index contributed by atoms with van der Waals surface area (Å²) in [5.41, 5.74) is 14.5. The SMILES string of the molecule is CC(C)(C)c1ccc(N(c2ccc(C(C)(C)C)cc2)c2cc3c(c4oc5ccccc5c24)-c2ccccc2C3(c2ccccc2)c2ccccc2)cc1. The van der Waals surface area contributed by atoms with Gasteiger partial charge in [-0.15, -0.1) is 0 Å². The smallest absolute Gasteiger partial charge is 0.145 e. The Kier molecular flexibility index (Phi) is 7.54. The van der Waals surface area contributed by atoms with Crippen LogP contribution in [-0.2, 0) is 16.2 Å². The lowest BCUT2D eigenvalue weighted by atomic mass is 9.67. The molecule has 0 amide bonds. The van der Waals surface area contributed by atoms with E-state index in [4.69, 9.17) is 4.42 Å². The Balaban J connectivity index is 1.44. The molecule has 0 spiro atoms. The first-order valence-corrected chi connectivity index (χ1v) is 18.8. The predicted octanol–water partition coefficient (Wildman–Crippen LogP) is 14.0. The van der Waals surface area contributed by atoms with Crippen LogP contribution in [0.15, 0.2) is 168 Å². The number of nitrogens with zero attached hydrogens (tertiary/aromatic N) is 1. The molecule has 260 valence electrons. The molecular formula is C51H45NO. The third kappa shape index (κ3) is 5.15. The summed E-state index contributed by atoms with van der Waals surface area (Å²) in [6.45, 7) is 13.6. The van der Waals surface area contributed by atoms with Crippen LogP contribution >= 0.6 is 0 Å². The number of furan rings is 1. The van der Waals surface area contributed by atoms with Gasteiger partial charge in [0.1, 0.15) is 11.2 Å². The Morgan fingerprint density at radius 1 is 0.491 bits per heavy atom. The normalized spacial score (nSPS) is 13.6. The molecule has 0 N–H and O–H groups in total. The van der Waals surface area contributed by atoms with Gasteiger partial charge in [-0.25, -0.2) is 0 Å². The molecule has 1 aliphatic carbocycles. The number of benzene rings is 7. The van der Waals surface area contributed by atoms with Gasteiger partial charge in [-0.2, -0.15) is 0 Å². The van der Waals surface area contributed by atoms with Crippen LogP contribution in [0.1, 0.15) is 74.9 Å². The molecule has 1 aliphatic rings. The van der Waals surface area contributed by atoms with Gasteiger partial charge in [-0.3, -0.25) is 0 Å². The molecule has 0 unspecified atom stereocenters. The third-order valence-corrected chi connectivity index (χ3v) is 11.3. The second-order valence-corrected chi connectivity index (χ2v) is 16.6. The number of para-hydroxylation sites is 1. The van der Waals surface area contributed by atoms with Gasteiger partial charge in [0.25, 0.3) is 0 Å². The van der Waals surface area contributed by atoms with Crippen LogP contribution in [0.3, 0.4) is 0 Å². The Bertz CT molecular complexity index is 2500. The van der Waals surface area contributed by atoms with E-state index in [0.717, 1.165) is 44.6 Å². The molecule has 0 aliphatic heterocycles. The van der Waals surface area contributed by atoms with Crippen molar-refractivity contribution in [3.63, 3.8) is 0 Å². The molecule has 53 heavy (non-hydrogen) atoms. The van der Waals surface area contributed by atoms with E-state index in [1.54, 1.807) is 0 Å². The summed E-state index contributed by atoms with van der Waals surface area (Å²) in [5.74, 6) is 0. The highest BCUT2D eigenvalue weighted by molar-refractivity contribution is 6.19. The zero-order valence-electron chi connectivity index (χ0n) is 31.4. The fourth-order valence-corrected chi connectivity index (χ4v) is 8.61. The standard InChI is InChI=1S/C51H45NO/c1-49(2,3)34-25-29-38(30-26-34)52(39-31-27-35(28-32-39)50(4,5)6)44-33-43-46(48-47(44)41-22-14-16-24-45(41)53-48)40-21-13-15-23-42(40)51(43,36-17-9-7-10-18-36)37-19-11-8-12-20-37/h7-33H,1-6H3. The van der Waals surface area contributed by atoms with Gasteiger partial charge in [0.05, 0.1) is 16.5 Å². The van der Waals surface area contributed by atoms with Crippen molar-refractivity contribution in [2.45, 2.75) is 57.8 Å². The second-order valence-electron chi connectivity index (χ2n) is 16.6. The molecule has 2 nitrogen and oxygen atoms in total. The van der Waals surface area contributed by atoms with E-state index in [2.05, 4.69) is 210 Å². The number of hydrogen-bond acceptors (Lipinski definition) is 2. The van der Waals surface area contributed by atoms with Crippen molar-refractivity contribution in [1.29, 1.82) is 0 Å². The minimum absolute atomic E-state index is 0.0378. The first-order valence-electron chi connectivity index (χ1n) is 18.8. The van der Waals surface area contributed by atoms with Gasteiger partial charge in [-0.05, 0) is 86.2 Å². The molecule has 7 aromatic carbocycles. The van der Waals surface area contributed by atoms with Crippen LogP contribution < -0.4 is 4.90 Å². The largest absolute Gasteiger partial charge is 0.455 e. The summed E-state index contributed by atoms with van der Waals surface area (Å²) in [6.07, 6.45) is 0. The molecule has 0 saturated carbocycles. The topological polar surface area (TPSA) is 16.4 Å². The summed E-state index contributed by atoms with van der Waals surface area (Å²) in [4.78, 5) is 2.45. The fraction of sp³-hybridized carbons (Fsp3) is 0.176. The number of anilines is 3. The lowest BCUT2D eigenvalue weighted by Crippen LogP contribution is -2.28. The quantitative estimate of drug-likeness (QED) is 0.179. The van der Waals surface area contributed by atoms with E-state index < -0.39 is 5.41 Å². The molecule has 0 atom stereocenters. The molecule has 1 heterocycles. The van der Waals surface area contributed by atoms with Crippen LogP contribution in [-0.4, -0.2) is 0 Å². The van der Waals surface area contributed by atoms with Gasteiger partial charge in [-0.1, -0.05) is 169 Å². The van der Waals surface area contributed by atoms with E-state index in [1.165, 1.54) is 38.9 Å². The first kappa shape index (κ1) is 33.0. The minimum Gasteiger partial charge on any atom is -0.455 e. The van der Waals surface area contributed by atoms with Gasteiger partial charge < -0.3 is 9.32 Å². The molecule has 0 fully saturated rings. The second kappa shape index (κ2) is 12.1. The van der Waals surface area contributed by atoms with Crippen molar-refractivity contribution in [1.82, 2.24) is 0 Å². The number of rotatable bonds is 5.